The molecular formula is C11H19NO2. The van der Waals surface area contributed by atoms with Crippen molar-refractivity contribution in [2.75, 3.05) is 0 Å². The average Bonchev–Trinajstić information content (AvgIpc) is 1.98. The molecule has 0 bridgehead atoms. The summed E-state index contributed by atoms with van der Waals surface area (Å²) in [6.07, 6.45) is 4.07. The van der Waals surface area contributed by atoms with E-state index in [1.165, 1.54) is 0 Å². The lowest BCUT2D eigenvalue weighted by Crippen LogP contribution is -2.28. The zero-order valence-corrected chi connectivity index (χ0v) is 9.41. The molecule has 0 radical (unpaired) electrons. The Balaban J connectivity index is 2.84. The summed E-state index contributed by atoms with van der Waals surface area (Å²) in [7, 11) is 0. The first-order chi connectivity index (χ1) is 6.32. The molecule has 0 aromatic heterocycles. The summed E-state index contributed by atoms with van der Waals surface area (Å²) in [5.74, 6) is 0.469. The lowest BCUT2D eigenvalue weighted by molar-refractivity contribution is -0.508. The van der Waals surface area contributed by atoms with Crippen LogP contribution >= 0.6 is 0 Å². The quantitative estimate of drug-likeness (QED) is 0.388. The first-order valence-corrected chi connectivity index (χ1v) is 5.16. The molecule has 0 saturated carbocycles. The van der Waals surface area contributed by atoms with Gasteiger partial charge in [0.15, 0.2) is 0 Å². The van der Waals surface area contributed by atoms with Gasteiger partial charge in [0, 0.05) is 11.8 Å². The molecular weight excluding hydrogens is 178 g/mol. The molecule has 0 spiro atoms. The number of hydrogen-bond acceptors (Lipinski definition) is 2. The summed E-state index contributed by atoms with van der Waals surface area (Å²) in [5.41, 5.74) is 1.21. The van der Waals surface area contributed by atoms with Crippen LogP contribution in [0.25, 0.3) is 0 Å². The minimum atomic E-state index is -0.517. The Bertz CT molecular complexity index is 268. The number of nitrogens with zero attached hydrogens (tertiary/aromatic N) is 1. The first-order valence-electron chi connectivity index (χ1n) is 5.16. The zero-order valence-electron chi connectivity index (χ0n) is 9.41. The molecule has 1 aliphatic rings. The lowest BCUT2D eigenvalue weighted by Gasteiger charge is -2.33. The monoisotopic (exact) mass is 197 g/mol. The fraction of sp³-hybridized carbons (Fsp3) is 0.818. The highest BCUT2D eigenvalue weighted by atomic mass is 16.6. The number of rotatable bonds is 2. The van der Waals surface area contributed by atoms with Crippen LogP contribution < -0.4 is 0 Å². The van der Waals surface area contributed by atoms with Crippen molar-refractivity contribution in [1.82, 2.24) is 0 Å². The minimum Gasteiger partial charge on any atom is -0.264 e. The molecule has 14 heavy (non-hydrogen) atoms. The molecule has 1 rings (SSSR count). The first kappa shape index (κ1) is 11.2. The van der Waals surface area contributed by atoms with Crippen molar-refractivity contribution in [1.29, 1.82) is 0 Å². The van der Waals surface area contributed by atoms with Gasteiger partial charge in [-0.1, -0.05) is 26.8 Å². The van der Waals surface area contributed by atoms with Crippen LogP contribution in [0.4, 0.5) is 0 Å². The molecule has 1 aliphatic carbocycles. The fourth-order valence-corrected chi connectivity index (χ4v) is 2.40. The van der Waals surface area contributed by atoms with E-state index in [2.05, 4.69) is 26.8 Å². The van der Waals surface area contributed by atoms with E-state index in [1.807, 2.05) is 0 Å². The highest BCUT2D eigenvalue weighted by Gasteiger charge is 2.32. The van der Waals surface area contributed by atoms with Crippen LogP contribution in [0.15, 0.2) is 11.6 Å². The highest BCUT2D eigenvalue weighted by Crippen LogP contribution is 2.39. The van der Waals surface area contributed by atoms with Crippen molar-refractivity contribution >= 4 is 0 Å². The van der Waals surface area contributed by atoms with E-state index >= 15 is 0 Å². The van der Waals surface area contributed by atoms with Gasteiger partial charge in [-0.2, -0.15) is 0 Å². The van der Waals surface area contributed by atoms with Gasteiger partial charge in [0.25, 0.3) is 0 Å². The predicted molar refractivity (Wildman–Crippen MR) is 56.7 cm³/mol. The van der Waals surface area contributed by atoms with Gasteiger partial charge in [-0.05, 0) is 29.7 Å². The van der Waals surface area contributed by atoms with E-state index in [-0.39, 0.29) is 10.3 Å². The van der Waals surface area contributed by atoms with Gasteiger partial charge in [-0.25, -0.2) is 0 Å². The third kappa shape index (κ3) is 2.56. The van der Waals surface area contributed by atoms with Crippen molar-refractivity contribution in [2.45, 2.75) is 46.6 Å². The average molecular weight is 197 g/mol. The molecule has 3 nitrogen and oxygen atoms in total. The largest absolute Gasteiger partial charge is 0.264 e. The van der Waals surface area contributed by atoms with E-state index < -0.39 is 6.04 Å². The van der Waals surface area contributed by atoms with Gasteiger partial charge < -0.3 is 0 Å². The zero-order chi connectivity index (χ0) is 10.9. The summed E-state index contributed by atoms with van der Waals surface area (Å²) in [4.78, 5) is 10.5. The van der Waals surface area contributed by atoms with Crippen LogP contribution in [-0.4, -0.2) is 11.0 Å². The van der Waals surface area contributed by atoms with Crippen molar-refractivity contribution < 1.29 is 4.92 Å². The summed E-state index contributed by atoms with van der Waals surface area (Å²) >= 11 is 0. The normalized spacial score (nSPS) is 28.0. The Morgan fingerprint density at radius 3 is 2.64 bits per heavy atom. The Kier molecular flexibility index (Phi) is 2.98. The smallest absolute Gasteiger partial charge is 0.231 e. The summed E-state index contributed by atoms with van der Waals surface area (Å²) in [6.45, 7) is 8.18. The van der Waals surface area contributed by atoms with Gasteiger partial charge in [0.1, 0.15) is 0 Å². The molecule has 3 heteroatoms. The van der Waals surface area contributed by atoms with E-state index in [4.69, 9.17) is 0 Å². The van der Waals surface area contributed by atoms with Gasteiger partial charge in [-0.3, -0.25) is 10.1 Å². The predicted octanol–water partition coefficient (Wildman–Crippen LogP) is 3.03. The van der Waals surface area contributed by atoms with Gasteiger partial charge in [-0.15, -0.1) is 0 Å². The molecule has 0 aromatic carbocycles. The fourth-order valence-electron chi connectivity index (χ4n) is 2.40. The Hall–Kier alpha value is -0.860. The van der Waals surface area contributed by atoms with Gasteiger partial charge >= 0.3 is 0 Å². The molecule has 0 fully saturated rings. The molecule has 0 N–H and O–H groups in total. The molecule has 0 heterocycles. The van der Waals surface area contributed by atoms with E-state index in [0.717, 1.165) is 18.4 Å². The number of nitro groups is 1. The molecule has 2 unspecified atom stereocenters. The van der Waals surface area contributed by atoms with Crippen molar-refractivity contribution in [2.24, 2.45) is 11.3 Å². The third-order valence-electron chi connectivity index (χ3n) is 2.91. The van der Waals surface area contributed by atoms with Crippen molar-refractivity contribution in [3.8, 4) is 0 Å². The van der Waals surface area contributed by atoms with Crippen LogP contribution in [0.5, 0.6) is 0 Å². The minimum absolute atomic E-state index is 0.194. The number of allylic oxidation sites excluding steroid dienone is 1. The van der Waals surface area contributed by atoms with Crippen molar-refractivity contribution in [3.05, 3.63) is 21.8 Å². The Morgan fingerprint density at radius 1 is 1.64 bits per heavy atom. The standard InChI is InChI=1S/C11H19NO2/c1-8-5-10(9(2)12(13)14)7-11(3,4)6-8/h5,8-9H,6-7H2,1-4H3. The van der Waals surface area contributed by atoms with E-state index in [1.54, 1.807) is 6.92 Å². The second-order valence-corrected chi connectivity index (χ2v) is 5.23. The maximum atomic E-state index is 10.7. The lowest BCUT2D eigenvalue weighted by atomic mass is 9.72. The van der Waals surface area contributed by atoms with Crippen LogP contribution in [0, 0.1) is 21.4 Å². The van der Waals surface area contributed by atoms with Crippen LogP contribution in [0.2, 0.25) is 0 Å². The summed E-state index contributed by atoms with van der Waals surface area (Å²) in [5, 5.41) is 10.7. The van der Waals surface area contributed by atoms with Crippen LogP contribution in [0.1, 0.15) is 40.5 Å². The van der Waals surface area contributed by atoms with Crippen LogP contribution in [-0.2, 0) is 0 Å². The molecule has 80 valence electrons. The van der Waals surface area contributed by atoms with E-state index in [9.17, 15) is 10.1 Å². The molecule has 0 saturated heterocycles. The highest BCUT2D eigenvalue weighted by molar-refractivity contribution is 5.14. The van der Waals surface area contributed by atoms with E-state index in [0.29, 0.717) is 5.92 Å². The molecule has 0 aromatic rings. The molecule has 0 aliphatic heterocycles. The molecule has 0 amide bonds. The second kappa shape index (κ2) is 3.71. The van der Waals surface area contributed by atoms with Gasteiger partial charge in [0.2, 0.25) is 6.04 Å². The number of hydrogen-bond donors (Lipinski definition) is 0. The second-order valence-electron chi connectivity index (χ2n) is 5.23. The summed E-state index contributed by atoms with van der Waals surface area (Å²) in [6, 6.07) is -0.517. The Labute approximate surface area is 85.3 Å². The Morgan fingerprint density at radius 2 is 2.21 bits per heavy atom. The SMILES string of the molecule is CC1C=C(C(C)[N+](=O)[O-])CC(C)(C)C1. The topological polar surface area (TPSA) is 43.1 Å². The maximum absolute atomic E-state index is 10.7. The van der Waals surface area contributed by atoms with Gasteiger partial charge in [0.05, 0.1) is 0 Å². The third-order valence-corrected chi connectivity index (χ3v) is 2.91. The summed E-state index contributed by atoms with van der Waals surface area (Å²) < 4.78 is 0. The van der Waals surface area contributed by atoms with Crippen LogP contribution in [0.3, 0.4) is 0 Å². The molecule has 2 atom stereocenters. The maximum Gasteiger partial charge on any atom is 0.231 e. The van der Waals surface area contributed by atoms with Crippen molar-refractivity contribution in [3.63, 3.8) is 0 Å².